The average molecular weight is 496 g/mol. The molecular formula is C25H22BrNO3S. The van der Waals surface area contributed by atoms with Crippen LogP contribution >= 0.6 is 27.3 Å². The van der Waals surface area contributed by atoms with Crippen molar-refractivity contribution in [3.05, 3.63) is 85.7 Å². The maximum atomic E-state index is 13.5. The highest BCUT2D eigenvalue weighted by molar-refractivity contribution is 9.10. The summed E-state index contributed by atoms with van der Waals surface area (Å²) in [6.07, 6.45) is 1.36. The maximum Gasteiger partial charge on any atom is 0.162 e. The predicted octanol–water partition coefficient (Wildman–Crippen LogP) is 6.49. The van der Waals surface area contributed by atoms with Gasteiger partial charge in [-0.1, -0.05) is 34.1 Å². The number of halogens is 1. The number of ether oxygens (including phenoxy) is 2. The Bertz CT molecular complexity index is 1170. The first-order valence-corrected chi connectivity index (χ1v) is 11.8. The fourth-order valence-corrected chi connectivity index (χ4v) is 5.77. The lowest BCUT2D eigenvalue weighted by Crippen LogP contribution is -2.29. The molecule has 1 aromatic heterocycles. The molecule has 6 heteroatoms. The van der Waals surface area contributed by atoms with Gasteiger partial charge in [-0.15, -0.1) is 11.3 Å². The lowest BCUT2D eigenvalue weighted by atomic mass is 9.73. The molecule has 1 N–H and O–H groups in total. The zero-order valence-electron chi connectivity index (χ0n) is 17.3. The van der Waals surface area contributed by atoms with Crippen molar-refractivity contribution < 1.29 is 14.3 Å². The fourth-order valence-electron chi connectivity index (χ4n) is 4.67. The van der Waals surface area contributed by atoms with Gasteiger partial charge in [0.25, 0.3) is 0 Å². The number of carbonyl (C=O) groups is 1. The topological polar surface area (TPSA) is 47.6 Å². The molecule has 2 atom stereocenters. The van der Waals surface area contributed by atoms with Crippen molar-refractivity contribution in [3.8, 4) is 11.5 Å². The molecule has 4 nitrogen and oxygen atoms in total. The number of nitrogens with one attached hydrogen (secondary N) is 1. The molecule has 2 aromatic carbocycles. The Morgan fingerprint density at radius 1 is 1.03 bits per heavy atom. The first-order chi connectivity index (χ1) is 15.1. The van der Waals surface area contributed by atoms with Crippen LogP contribution in [0.4, 0.5) is 5.69 Å². The van der Waals surface area contributed by atoms with E-state index < -0.39 is 0 Å². The Hall–Kier alpha value is -2.57. The van der Waals surface area contributed by atoms with Crippen molar-refractivity contribution in [1.29, 1.82) is 0 Å². The Labute approximate surface area is 194 Å². The largest absolute Gasteiger partial charge is 0.493 e. The van der Waals surface area contributed by atoms with E-state index in [2.05, 4.69) is 50.9 Å². The quantitative estimate of drug-likeness (QED) is 0.449. The zero-order chi connectivity index (χ0) is 21.5. The molecule has 1 aliphatic carbocycles. The summed E-state index contributed by atoms with van der Waals surface area (Å²) in [5.41, 5.74) is 4.97. The summed E-state index contributed by atoms with van der Waals surface area (Å²) in [5.74, 6) is 1.61. The smallest absolute Gasteiger partial charge is 0.162 e. The third kappa shape index (κ3) is 3.58. The minimum Gasteiger partial charge on any atom is -0.493 e. The van der Waals surface area contributed by atoms with Crippen LogP contribution in [0.3, 0.4) is 0 Å². The monoisotopic (exact) mass is 495 g/mol. The summed E-state index contributed by atoms with van der Waals surface area (Å²) in [6, 6.07) is 16.4. The van der Waals surface area contributed by atoms with Crippen LogP contribution in [0.15, 0.2) is 69.7 Å². The van der Waals surface area contributed by atoms with Crippen LogP contribution in [0, 0.1) is 0 Å². The van der Waals surface area contributed by atoms with E-state index in [1.807, 2.05) is 24.3 Å². The fraction of sp³-hybridized carbons (Fsp3) is 0.240. The van der Waals surface area contributed by atoms with Gasteiger partial charge in [0.05, 0.1) is 14.2 Å². The van der Waals surface area contributed by atoms with Gasteiger partial charge in [0, 0.05) is 50.6 Å². The van der Waals surface area contributed by atoms with Gasteiger partial charge >= 0.3 is 0 Å². The van der Waals surface area contributed by atoms with E-state index in [1.54, 1.807) is 25.6 Å². The number of benzene rings is 2. The maximum absolute atomic E-state index is 13.5. The molecule has 5 rings (SSSR count). The normalized spacial score (nSPS) is 20.0. The van der Waals surface area contributed by atoms with Gasteiger partial charge in [-0.3, -0.25) is 4.79 Å². The van der Waals surface area contributed by atoms with Gasteiger partial charge in [-0.2, -0.15) is 0 Å². The van der Waals surface area contributed by atoms with Gasteiger partial charge < -0.3 is 14.8 Å². The first-order valence-electron chi connectivity index (χ1n) is 10.2. The third-order valence-corrected chi connectivity index (χ3v) is 7.66. The molecular weight excluding hydrogens is 474 g/mol. The minimum absolute atomic E-state index is 0.143. The van der Waals surface area contributed by atoms with Gasteiger partial charge in [0.2, 0.25) is 0 Å². The van der Waals surface area contributed by atoms with Crippen LogP contribution in [0.2, 0.25) is 0 Å². The van der Waals surface area contributed by atoms with E-state index in [9.17, 15) is 4.79 Å². The molecule has 0 saturated carbocycles. The van der Waals surface area contributed by atoms with Crippen molar-refractivity contribution in [2.75, 3.05) is 19.5 Å². The molecule has 0 bridgehead atoms. The molecule has 158 valence electrons. The van der Waals surface area contributed by atoms with Gasteiger partial charge in [0.1, 0.15) is 0 Å². The van der Waals surface area contributed by atoms with E-state index in [0.717, 1.165) is 39.0 Å². The first kappa shape index (κ1) is 20.3. The molecule has 0 unspecified atom stereocenters. The second-order valence-corrected chi connectivity index (χ2v) is 9.73. The molecule has 0 fully saturated rings. The molecule has 3 aromatic rings. The molecule has 1 aliphatic heterocycles. The Balaban J connectivity index is 1.67. The molecule has 31 heavy (non-hydrogen) atoms. The summed E-state index contributed by atoms with van der Waals surface area (Å²) in [4.78, 5) is 14.8. The number of carbonyl (C=O) groups excluding carboxylic acids is 1. The number of allylic oxidation sites excluding steroid dienone is 2. The van der Waals surface area contributed by atoms with E-state index in [4.69, 9.17) is 9.47 Å². The predicted molar refractivity (Wildman–Crippen MR) is 127 cm³/mol. The second-order valence-electron chi connectivity index (χ2n) is 7.84. The standard InChI is InChI=1S/C25H22BrNO3S/c1-29-21-12-17-18(13-22(21)30-2)27-19-10-15(23-4-3-9-31-23)11-20(28)25(19)24(17)14-5-7-16(26)8-6-14/h3-9,12-13,15,24,27H,10-11H2,1-2H3/t15-,24-/m0/s1. The van der Waals surface area contributed by atoms with Crippen molar-refractivity contribution in [3.63, 3.8) is 0 Å². The van der Waals surface area contributed by atoms with E-state index in [1.165, 1.54) is 4.88 Å². The Morgan fingerprint density at radius 2 is 1.77 bits per heavy atom. The van der Waals surface area contributed by atoms with Gasteiger partial charge in [0.15, 0.2) is 17.3 Å². The van der Waals surface area contributed by atoms with E-state index in [-0.39, 0.29) is 17.6 Å². The number of ketones is 1. The number of Topliss-reactive ketones (excluding diaryl/α,β-unsaturated/α-hetero) is 1. The van der Waals surface area contributed by atoms with Crippen LogP contribution in [0.5, 0.6) is 11.5 Å². The average Bonchev–Trinajstić information content (AvgIpc) is 3.32. The van der Waals surface area contributed by atoms with Crippen LogP contribution in [0.25, 0.3) is 0 Å². The zero-order valence-corrected chi connectivity index (χ0v) is 19.7. The number of anilines is 1. The van der Waals surface area contributed by atoms with Crippen molar-refractivity contribution in [1.82, 2.24) is 0 Å². The van der Waals surface area contributed by atoms with E-state index >= 15 is 0 Å². The van der Waals surface area contributed by atoms with Crippen molar-refractivity contribution in [2.24, 2.45) is 0 Å². The molecule has 0 amide bonds. The highest BCUT2D eigenvalue weighted by atomic mass is 79.9. The number of rotatable bonds is 4. The molecule has 2 heterocycles. The Morgan fingerprint density at radius 3 is 2.45 bits per heavy atom. The molecule has 0 saturated heterocycles. The lowest BCUT2D eigenvalue weighted by Gasteiger charge is -2.36. The van der Waals surface area contributed by atoms with Crippen LogP contribution in [-0.4, -0.2) is 20.0 Å². The highest BCUT2D eigenvalue weighted by Crippen LogP contribution is 2.50. The van der Waals surface area contributed by atoms with Crippen molar-refractivity contribution in [2.45, 2.75) is 24.7 Å². The van der Waals surface area contributed by atoms with Crippen molar-refractivity contribution >= 4 is 38.7 Å². The minimum atomic E-state index is -0.143. The lowest BCUT2D eigenvalue weighted by molar-refractivity contribution is -0.116. The molecule has 0 radical (unpaired) electrons. The Kier molecular flexibility index (Phi) is 5.36. The molecule has 2 aliphatic rings. The van der Waals surface area contributed by atoms with E-state index in [0.29, 0.717) is 17.9 Å². The van der Waals surface area contributed by atoms with Crippen LogP contribution in [-0.2, 0) is 4.79 Å². The number of thiophene rings is 1. The summed E-state index contributed by atoms with van der Waals surface area (Å²) in [7, 11) is 3.28. The SMILES string of the molecule is COc1cc2c(cc1OC)[C@H](c1ccc(Br)cc1)C1=C(C[C@H](c3cccs3)CC1=O)N2. The summed E-state index contributed by atoms with van der Waals surface area (Å²) in [6.45, 7) is 0. The second kappa shape index (κ2) is 8.17. The third-order valence-electron chi connectivity index (χ3n) is 6.10. The van der Waals surface area contributed by atoms with Crippen LogP contribution < -0.4 is 14.8 Å². The van der Waals surface area contributed by atoms with Crippen LogP contribution in [0.1, 0.15) is 40.7 Å². The number of methoxy groups -OCH3 is 2. The summed E-state index contributed by atoms with van der Waals surface area (Å²) >= 11 is 5.25. The molecule has 0 spiro atoms. The number of hydrogen-bond acceptors (Lipinski definition) is 5. The number of hydrogen-bond donors (Lipinski definition) is 1. The highest BCUT2D eigenvalue weighted by Gasteiger charge is 2.39. The summed E-state index contributed by atoms with van der Waals surface area (Å²) in [5, 5.41) is 5.66. The van der Waals surface area contributed by atoms with Gasteiger partial charge in [-0.05, 0) is 47.2 Å². The van der Waals surface area contributed by atoms with Gasteiger partial charge in [-0.25, -0.2) is 0 Å². The number of fused-ring (bicyclic) bond motifs is 1. The summed E-state index contributed by atoms with van der Waals surface area (Å²) < 4.78 is 12.1.